The van der Waals surface area contributed by atoms with Crippen LogP contribution >= 0.6 is 0 Å². The third kappa shape index (κ3) is 70.0. The molecule has 0 radical (unpaired) electrons. The van der Waals surface area contributed by atoms with Gasteiger partial charge in [-0.25, -0.2) is 0 Å². The fraction of sp³-hybridized carbons (Fsp3) is 0.857. The lowest BCUT2D eigenvalue weighted by Gasteiger charge is -2.18. The van der Waals surface area contributed by atoms with Crippen molar-refractivity contribution in [3.05, 3.63) is 48.6 Å². The van der Waals surface area contributed by atoms with Gasteiger partial charge in [-0.2, -0.15) is 0 Å². The SMILES string of the molecule is CCC/C=C\C/C=C\CCCCCCCC(=O)OCC(COC(=O)CCCCCCCCCCCCCCCCC/C=C\CCCCCCCCCC)OC(=O)CCCCCCCCCCCCCCC/C=C\CCCCCCCCCC. The monoisotopic (exact) mass is 1160 g/mol. The number of esters is 3. The van der Waals surface area contributed by atoms with Crippen molar-refractivity contribution >= 4 is 17.9 Å². The number of carbonyl (C=O) groups is 3. The Kier molecular flexibility index (Phi) is 69.6. The third-order valence-corrected chi connectivity index (χ3v) is 16.8. The molecule has 0 amide bonds. The van der Waals surface area contributed by atoms with Crippen LogP contribution in [-0.2, 0) is 28.6 Å². The molecule has 0 aliphatic carbocycles. The zero-order valence-electron chi connectivity index (χ0n) is 56.0. The van der Waals surface area contributed by atoms with Gasteiger partial charge < -0.3 is 14.2 Å². The first kappa shape index (κ1) is 80.4. The Labute approximate surface area is 518 Å². The molecule has 0 aromatic rings. The van der Waals surface area contributed by atoms with E-state index in [-0.39, 0.29) is 31.1 Å². The number of unbranched alkanes of at least 4 members (excludes halogenated alkanes) is 50. The Morgan fingerprint density at radius 2 is 0.458 bits per heavy atom. The second kappa shape index (κ2) is 71.8. The van der Waals surface area contributed by atoms with Gasteiger partial charge in [0.1, 0.15) is 13.2 Å². The summed E-state index contributed by atoms with van der Waals surface area (Å²) in [6.45, 7) is 6.63. The molecule has 1 unspecified atom stereocenters. The van der Waals surface area contributed by atoms with Crippen molar-refractivity contribution in [3.63, 3.8) is 0 Å². The fourth-order valence-corrected chi connectivity index (χ4v) is 11.2. The quantitative estimate of drug-likeness (QED) is 0.0261. The molecule has 0 aliphatic rings. The maximum absolute atomic E-state index is 13.0. The Bertz CT molecular complexity index is 1430. The van der Waals surface area contributed by atoms with E-state index >= 15 is 0 Å². The van der Waals surface area contributed by atoms with Gasteiger partial charge >= 0.3 is 17.9 Å². The average Bonchev–Trinajstić information content (AvgIpc) is 3.49. The van der Waals surface area contributed by atoms with Gasteiger partial charge in [0.2, 0.25) is 0 Å². The minimum Gasteiger partial charge on any atom is -0.462 e. The highest BCUT2D eigenvalue weighted by Gasteiger charge is 2.19. The van der Waals surface area contributed by atoms with Crippen molar-refractivity contribution in [2.75, 3.05) is 13.2 Å². The summed E-state index contributed by atoms with van der Waals surface area (Å²) in [6, 6.07) is 0. The first-order chi connectivity index (χ1) is 41.0. The molecular weight excluding hydrogens is 1020 g/mol. The van der Waals surface area contributed by atoms with Crippen LogP contribution in [0.2, 0.25) is 0 Å². The van der Waals surface area contributed by atoms with E-state index in [4.69, 9.17) is 14.2 Å². The van der Waals surface area contributed by atoms with Crippen LogP contribution in [0, 0.1) is 0 Å². The third-order valence-electron chi connectivity index (χ3n) is 16.8. The minimum absolute atomic E-state index is 0.0737. The zero-order valence-corrected chi connectivity index (χ0v) is 56.0. The molecule has 0 spiro atoms. The molecule has 0 aliphatic heterocycles. The number of ether oxygens (including phenoxy) is 3. The van der Waals surface area contributed by atoms with Crippen molar-refractivity contribution in [3.8, 4) is 0 Å². The normalized spacial score (nSPS) is 12.3. The molecule has 0 heterocycles. The summed E-state index contributed by atoms with van der Waals surface area (Å²) in [6.07, 6.45) is 91.6. The number of carbonyl (C=O) groups excluding carboxylic acids is 3. The Morgan fingerprint density at radius 3 is 0.723 bits per heavy atom. The van der Waals surface area contributed by atoms with Crippen LogP contribution in [0.4, 0.5) is 0 Å². The molecule has 1 atom stereocenters. The van der Waals surface area contributed by atoms with E-state index in [1.807, 2.05) is 0 Å². The highest BCUT2D eigenvalue weighted by Crippen LogP contribution is 2.18. The van der Waals surface area contributed by atoms with Crippen molar-refractivity contribution < 1.29 is 28.6 Å². The van der Waals surface area contributed by atoms with E-state index in [0.29, 0.717) is 19.3 Å². The smallest absolute Gasteiger partial charge is 0.306 e. The molecule has 0 N–H and O–H groups in total. The molecule has 0 saturated carbocycles. The summed E-state index contributed by atoms with van der Waals surface area (Å²) >= 11 is 0. The summed E-state index contributed by atoms with van der Waals surface area (Å²) in [5.74, 6) is -0.862. The molecule has 83 heavy (non-hydrogen) atoms. The van der Waals surface area contributed by atoms with Gasteiger partial charge in [0.15, 0.2) is 6.10 Å². The molecule has 0 fully saturated rings. The van der Waals surface area contributed by atoms with E-state index in [2.05, 4.69) is 69.4 Å². The fourth-order valence-electron chi connectivity index (χ4n) is 11.2. The second-order valence-corrected chi connectivity index (χ2v) is 25.2. The minimum atomic E-state index is -0.779. The van der Waals surface area contributed by atoms with Crippen LogP contribution in [0.5, 0.6) is 0 Å². The average molecular weight is 1160 g/mol. The van der Waals surface area contributed by atoms with Gasteiger partial charge in [-0.15, -0.1) is 0 Å². The standard InChI is InChI=1S/C77H142O6/c1-4-7-10-13-16-19-22-25-27-29-31-33-35-37-38-40-41-43-45-47-49-52-55-58-61-64-67-70-76(79)82-73-74(72-81-75(78)69-66-63-60-57-54-51-24-21-18-15-12-9-6-3)83-77(80)71-68-65-62-59-56-53-50-48-46-44-42-39-36-34-32-30-28-26-23-20-17-14-11-8-5-2/h12,15,21,24,29-32,74H,4-11,13-14,16-20,22-23,25-28,33-73H2,1-3H3/b15-12-,24-21-,31-29-,32-30-. The van der Waals surface area contributed by atoms with Gasteiger partial charge in [0.25, 0.3) is 0 Å². The first-order valence-electron chi connectivity index (χ1n) is 37.1. The van der Waals surface area contributed by atoms with Crippen LogP contribution in [-0.4, -0.2) is 37.2 Å². The van der Waals surface area contributed by atoms with Crippen molar-refractivity contribution in [2.24, 2.45) is 0 Å². The Hall–Kier alpha value is -2.63. The molecule has 6 nitrogen and oxygen atoms in total. The van der Waals surface area contributed by atoms with Gasteiger partial charge in [0.05, 0.1) is 0 Å². The summed E-state index contributed by atoms with van der Waals surface area (Å²) < 4.78 is 17.0. The molecule has 486 valence electrons. The Morgan fingerprint density at radius 1 is 0.241 bits per heavy atom. The molecule has 0 rings (SSSR count). The summed E-state index contributed by atoms with van der Waals surface area (Å²) in [5.41, 5.74) is 0. The predicted octanol–water partition coefficient (Wildman–Crippen LogP) is 25.7. The number of hydrogen-bond acceptors (Lipinski definition) is 6. The van der Waals surface area contributed by atoms with E-state index in [1.54, 1.807) is 0 Å². The van der Waals surface area contributed by atoms with Crippen LogP contribution < -0.4 is 0 Å². The van der Waals surface area contributed by atoms with Crippen LogP contribution in [0.25, 0.3) is 0 Å². The van der Waals surface area contributed by atoms with Crippen molar-refractivity contribution in [1.29, 1.82) is 0 Å². The number of hydrogen-bond donors (Lipinski definition) is 0. The zero-order chi connectivity index (χ0) is 59.9. The maximum atomic E-state index is 13.0. The molecule has 6 heteroatoms. The van der Waals surface area contributed by atoms with E-state index in [0.717, 1.165) is 83.5 Å². The highest BCUT2D eigenvalue weighted by atomic mass is 16.6. The van der Waals surface area contributed by atoms with Gasteiger partial charge in [-0.1, -0.05) is 339 Å². The van der Waals surface area contributed by atoms with Crippen molar-refractivity contribution in [1.82, 2.24) is 0 Å². The molecule has 0 saturated heterocycles. The van der Waals surface area contributed by atoms with E-state index in [9.17, 15) is 14.4 Å². The van der Waals surface area contributed by atoms with E-state index in [1.165, 1.54) is 283 Å². The van der Waals surface area contributed by atoms with Gasteiger partial charge in [0, 0.05) is 19.3 Å². The molecule has 0 aromatic heterocycles. The number of rotatable bonds is 69. The topological polar surface area (TPSA) is 78.9 Å². The Balaban J connectivity index is 4.21. The van der Waals surface area contributed by atoms with Gasteiger partial charge in [-0.05, 0) is 96.3 Å². The van der Waals surface area contributed by atoms with E-state index < -0.39 is 6.10 Å². The van der Waals surface area contributed by atoms with Crippen LogP contribution in [0.15, 0.2) is 48.6 Å². The van der Waals surface area contributed by atoms with Crippen LogP contribution in [0.3, 0.4) is 0 Å². The molecular formula is C77H142O6. The van der Waals surface area contributed by atoms with Crippen LogP contribution in [0.1, 0.15) is 406 Å². The predicted molar refractivity (Wildman–Crippen MR) is 362 cm³/mol. The van der Waals surface area contributed by atoms with Crippen molar-refractivity contribution in [2.45, 2.75) is 412 Å². The number of allylic oxidation sites excluding steroid dienone is 8. The lowest BCUT2D eigenvalue weighted by atomic mass is 10.0. The maximum Gasteiger partial charge on any atom is 0.306 e. The molecule has 0 aromatic carbocycles. The summed E-state index contributed by atoms with van der Waals surface area (Å²) in [4.78, 5) is 38.5. The van der Waals surface area contributed by atoms with Gasteiger partial charge in [-0.3, -0.25) is 14.4 Å². The lowest BCUT2D eigenvalue weighted by Crippen LogP contribution is -2.30. The highest BCUT2D eigenvalue weighted by molar-refractivity contribution is 5.71. The lowest BCUT2D eigenvalue weighted by molar-refractivity contribution is -0.167. The first-order valence-corrected chi connectivity index (χ1v) is 37.1. The second-order valence-electron chi connectivity index (χ2n) is 25.2. The summed E-state index contributed by atoms with van der Waals surface area (Å²) in [7, 11) is 0. The molecule has 0 bridgehead atoms. The largest absolute Gasteiger partial charge is 0.462 e. The summed E-state index contributed by atoms with van der Waals surface area (Å²) in [5, 5.41) is 0.